The largest absolute Gasteiger partial charge is 0.345 e. The minimum absolute atomic E-state index is 0.587. The van der Waals surface area contributed by atoms with E-state index in [2.05, 4.69) is 64.3 Å². The van der Waals surface area contributed by atoms with Crippen LogP contribution in [0.1, 0.15) is 29.9 Å². The van der Waals surface area contributed by atoms with Gasteiger partial charge in [-0.1, -0.05) is 35.1 Å². The number of likely N-dealkylation sites (N-methyl/N-ethyl adjacent to an activating group) is 1. The fourth-order valence-electron chi connectivity index (χ4n) is 3.77. The fraction of sp³-hybridized carbons (Fsp3) is 0.409. The average Bonchev–Trinajstić information content (AvgIpc) is 3.47. The Labute approximate surface area is 170 Å². The summed E-state index contributed by atoms with van der Waals surface area (Å²) >= 11 is 1.77. The fourth-order valence-corrected chi connectivity index (χ4v) is 4.92. The molecule has 1 aromatic carbocycles. The lowest BCUT2D eigenvalue weighted by molar-refractivity contribution is 0.313. The van der Waals surface area contributed by atoms with E-state index in [-0.39, 0.29) is 0 Å². The lowest BCUT2D eigenvalue weighted by atomic mass is 10.0. The number of thiazole rings is 1. The Bertz CT molecular complexity index is 986. The molecule has 1 saturated heterocycles. The maximum atomic E-state index is 5.12. The SMILES string of the molecule is Cc1cccc(-c2nc(N3CCN(C)CC3)sc2-c2n[c]ncc2C2CC2)c1. The number of aromatic nitrogens is 3. The monoisotopic (exact) mass is 390 g/mol. The molecule has 3 heterocycles. The molecule has 1 radical (unpaired) electrons. The minimum Gasteiger partial charge on any atom is -0.345 e. The Morgan fingerprint density at radius 1 is 1.11 bits per heavy atom. The van der Waals surface area contributed by atoms with Crippen molar-refractivity contribution in [2.45, 2.75) is 25.7 Å². The van der Waals surface area contributed by atoms with Crippen molar-refractivity contribution in [3.05, 3.63) is 47.9 Å². The van der Waals surface area contributed by atoms with Crippen molar-refractivity contribution >= 4 is 16.5 Å². The van der Waals surface area contributed by atoms with Crippen LogP contribution in [0.25, 0.3) is 21.8 Å². The third kappa shape index (κ3) is 3.42. The van der Waals surface area contributed by atoms with Crippen LogP contribution in [-0.4, -0.2) is 53.1 Å². The molecule has 143 valence electrons. The first-order chi connectivity index (χ1) is 13.7. The van der Waals surface area contributed by atoms with Crippen molar-refractivity contribution in [2.75, 3.05) is 38.1 Å². The lowest BCUT2D eigenvalue weighted by Gasteiger charge is -2.32. The molecular weight excluding hydrogens is 366 g/mol. The van der Waals surface area contributed by atoms with E-state index in [1.165, 1.54) is 24.0 Å². The minimum atomic E-state index is 0.587. The molecule has 0 unspecified atom stereocenters. The van der Waals surface area contributed by atoms with Gasteiger partial charge in [0.05, 0.1) is 16.3 Å². The van der Waals surface area contributed by atoms with E-state index in [1.807, 2.05) is 6.20 Å². The summed E-state index contributed by atoms with van der Waals surface area (Å²) < 4.78 is 0. The van der Waals surface area contributed by atoms with Crippen molar-refractivity contribution in [1.29, 1.82) is 0 Å². The number of anilines is 1. The van der Waals surface area contributed by atoms with Gasteiger partial charge < -0.3 is 9.80 Å². The molecule has 6 heteroatoms. The molecule has 5 nitrogen and oxygen atoms in total. The molecule has 0 atom stereocenters. The summed E-state index contributed by atoms with van der Waals surface area (Å²) in [7, 11) is 2.18. The van der Waals surface area contributed by atoms with Gasteiger partial charge in [-0.15, -0.1) is 0 Å². The molecule has 2 aromatic heterocycles. The Kier molecular flexibility index (Phi) is 4.61. The molecule has 1 aliphatic heterocycles. The summed E-state index contributed by atoms with van der Waals surface area (Å²) in [5, 5.41) is 1.10. The summed E-state index contributed by atoms with van der Waals surface area (Å²) in [6.45, 7) is 6.31. The zero-order valence-corrected chi connectivity index (χ0v) is 17.2. The number of hydrogen-bond donors (Lipinski definition) is 0. The van der Waals surface area contributed by atoms with E-state index in [9.17, 15) is 0 Å². The van der Waals surface area contributed by atoms with Crippen LogP contribution in [0.5, 0.6) is 0 Å². The van der Waals surface area contributed by atoms with Crippen molar-refractivity contribution in [3.8, 4) is 21.8 Å². The summed E-state index contributed by atoms with van der Waals surface area (Å²) in [5.74, 6) is 0.587. The van der Waals surface area contributed by atoms with E-state index in [1.54, 1.807) is 11.3 Å². The van der Waals surface area contributed by atoms with Gasteiger partial charge >= 0.3 is 0 Å². The van der Waals surface area contributed by atoms with Crippen LogP contribution in [0.3, 0.4) is 0 Å². The first kappa shape index (κ1) is 17.8. The molecule has 1 aliphatic carbocycles. The zero-order valence-electron chi connectivity index (χ0n) is 16.4. The topological polar surface area (TPSA) is 45.2 Å². The smallest absolute Gasteiger partial charge is 0.198 e. The molecule has 28 heavy (non-hydrogen) atoms. The number of hydrogen-bond acceptors (Lipinski definition) is 6. The highest BCUT2D eigenvalue weighted by molar-refractivity contribution is 7.19. The van der Waals surface area contributed by atoms with Crippen molar-refractivity contribution < 1.29 is 0 Å². The first-order valence-corrected chi connectivity index (χ1v) is 10.8. The predicted molar refractivity (Wildman–Crippen MR) is 114 cm³/mol. The van der Waals surface area contributed by atoms with Gasteiger partial charge in [-0.05, 0) is 38.8 Å². The van der Waals surface area contributed by atoms with Crippen molar-refractivity contribution in [2.24, 2.45) is 0 Å². The third-order valence-electron chi connectivity index (χ3n) is 5.61. The van der Waals surface area contributed by atoms with Crippen LogP contribution in [0.4, 0.5) is 5.13 Å². The predicted octanol–water partition coefficient (Wildman–Crippen LogP) is 4.00. The van der Waals surface area contributed by atoms with E-state index >= 15 is 0 Å². The molecule has 0 N–H and O–H groups in total. The van der Waals surface area contributed by atoms with Crippen LogP contribution in [0.2, 0.25) is 0 Å². The highest BCUT2D eigenvalue weighted by Gasteiger charge is 2.30. The highest BCUT2D eigenvalue weighted by Crippen LogP contribution is 2.47. The summed E-state index contributed by atoms with van der Waals surface area (Å²) in [6, 6.07) is 8.61. The number of benzene rings is 1. The van der Waals surface area contributed by atoms with Gasteiger partial charge in [0.2, 0.25) is 0 Å². The second-order valence-electron chi connectivity index (χ2n) is 7.88. The Hall–Kier alpha value is -2.31. The van der Waals surface area contributed by atoms with Gasteiger partial charge in [-0.3, -0.25) is 0 Å². The van der Waals surface area contributed by atoms with Crippen LogP contribution in [0, 0.1) is 13.3 Å². The summed E-state index contributed by atoms with van der Waals surface area (Å²) in [6.07, 6.45) is 7.23. The lowest BCUT2D eigenvalue weighted by Crippen LogP contribution is -2.44. The molecule has 3 aromatic rings. The molecule has 0 amide bonds. The van der Waals surface area contributed by atoms with Crippen LogP contribution in [-0.2, 0) is 0 Å². The highest BCUT2D eigenvalue weighted by atomic mass is 32.1. The number of aryl methyl sites for hydroxylation is 1. The molecule has 2 fully saturated rings. The van der Waals surface area contributed by atoms with Gasteiger partial charge in [-0.25, -0.2) is 15.0 Å². The van der Waals surface area contributed by atoms with Crippen LogP contribution >= 0.6 is 11.3 Å². The normalized spacial score (nSPS) is 17.9. The van der Waals surface area contributed by atoms with Gasteiger partial charge in [0.15, 0.2) is 11.5 Å². The molecule has 5 rings (SSSR count). The maximum Gasteiger partial charge on any atom is 0.198 e. The van der Waals surface area contributed by atoms with E-state index < -0.39 is 0 Å². The van der Waals surface area contributed by atoms with Gasteiger partial charge in [0.1, 0.15) is 0 Å². The molecule has 2 aliphatic rings. The Morgan fingerprint density at radius 3 is 2.68 bits per heavy atom. The van der Waals surface area contributed by atoms with Crippen molar-refractivity contribution in [3.63, 3.8) is 0 Å². The van der Waals surface area contributed by atoms with E-state index in [0.29, 0.717) is 5.92 Å². The molecule has 0 spiro atoms. The van der Waals surface area contributed by atoms with E-state index in [0.717, 1.165) is 53.1 Å². The van der Waals surface area contributed by atoms with Gasteiger partial charge in [0, 0.05) is 43.5 Å². The Balaban J connectivity index is 1.62. The molecular formula is C22H24N5S. The third-order valence-corrected chi connectivity index (χ3v) is 6.73. The second kappa shape index (κ2) is 7.26. The summed E-state index contributed by atoms with van der Waals surface area (Å²) in [4.78, 5) is 19.8. The Morgan fingerprint density at radius 2 is 1.93 bits per heavy atom. The average molecular weight is 391 g/mol. The number of rotatable bonds is 4. The second-order valence-corrected chi connectivity index (χ2v) is 8.86. The number of nitrogens with zero attached hydrogens (tertiary/aromatic N) is 5. The van der Waals surface area contributed by atoms with Gasteiger partial charge in [-0.2, -0.15) is 0 Å². The number of piperazine rings is 1. The molecule has 1 saturated carbocycles. The summed E-state index contributed by atoms with van der Waals surface area (Å²) in [5.41, 5.74) is 5.71. The zero-order chi connectivity index (χ0) is 19.1. The first-order valence-electron chi connectivity index (χ1n) is 9.94. The van der Waals surface area contributed by atoms with Gasteiger partial charge in [0.25, 0.3) is 0 Å². The van der Waals surface area contributed by atoms with E-state index in [4.69, 9.17) is 4.98 Å². The quantitative estimate of drug-likeness (QED) is 0.674. The van der Waals surface area contributed by atoms with Crippen LogP contribution < -0.4 is 4.90 Å². The van der Waals surface area contributed by atoms with Crippen LogP contribution in [0.15, 0.2) is 30.5 Å². The molecule has 0 bridgehead atoms. The maximum absolute atomic E-state index is 5.12. The van der Waals surface area contributed by atoms with Crippen molar-refractivity contribution in [1.82, 2.24) is 19.9 Å². The standard InChI is InChI=1S/C22H24N5S/c1-15-4-3-5-17(12-15)19-21(20-18(16-6-7-16)13-23-14-24-20)28-22(25-19)27-10-8-26(2)9-11-27/h3-5,12-13,16H,6-11H2,1-2H3.